The molecule has 2 aliphatic rings. The lowest BCUT2D eigenvalue weighted by Crippen LogP contribution is -2.45. The number of aromatic amines is 1. The Bertz CT molecular complexity index is 1150. The number of nitrogens with one attached hydrogen (secondary N) is 3. The molecule has 4 rings (SSSR count). The number of halogens is 1. The van der Waals surface area contributed by atoms with Gasteiger partial charge in [-0.2, -0.15) is 10.6 Å². The molecule has 0 bridgehead atoms. The Morgan fingerprint density at radius 3 is 2.71 bits per heavy atom. The van der Waals surface area contributed by atoms with Crippen molar-refractivity contribution in [2.45, 2.75) is 20.0 Å². The van der Waals surface area contributed by atoms with Crippen molar-refractivity contribution in [2.75, 3.05) is 43.0 Å². The second-order valence-electron chi connectivity index (χ2n) is 8.74. The Morgan fingerprint density at radius 1 is 1.29 bits per heavy atom. The van der Waals surface area contributed by atoms with Crippen LogP contribution in [-0.2, 0) is 4.79 Å². The van der Waals surface area contributed by atoms with Gasteiger partial charge in [-0.15, -0.1) is 0 Å². The molecule has 34 heavy (non-hydrogen) atoms. The molecular weight excluding hydrogens is 480 g/mol. The summed E-state index contributed by atoms with van der Waals surface area (Å²) in [7, 11) is -2.48. The van der Waals surface area contributed by atoms with Gasteiger partial charge in [-0.05, 0) is 43.7 Å². The van der Waals surface area contributed by atoms with Crippen molar-refractivity contribution >= 4 is 51.3 Å². The van der Waals surface area contributed by atoms with E-state index >= 15 is 0 Å². The van der Waals surface area contributed by atoms with Gasteiger partial charge in [0.1, 0.15) is 0 Å². The van der Waals surface area contributed by atoms with E-state index in [4.69, 9.17) is 11.6 Å². The first kappa shape index (κ1) is 24.8. The Labute approximate surface area is 204 Å². The van der Waals surface area contributed by atoms with Crippen molar-refractivity contribution in [2.24, 2.45) is 0 Å². The number of H-pyrrole nitrogens is 1. The summed E-state index contributed by atoms with van der Waals surface area (Å²) >= 11 is 6.10. The van der Waals surface area contributed by atoms with Crippen molar-refractivity contribution < 1.29 is 23.8 Å². The molecular formula is C23H29ClN4O5S. The molecule has 2 aliphatic heterocycles. The molecule has 9 nitrogen and oxygen atoms in total. The van der Waals surface area contributed by atoms with Crippen molar-refractivity contribution in [3.8, 4) is 0 Å². The lowest BCUT2D eigenvalue weighted by atomic mass is 10.0. The lowest BCUT2D eigenvalue weighted by Gasteiger charge is -2.41. The normalized spacial score (nSPS) is 20.6. The zero-order chi connectivity index (χ0) is 24.6. The maximum absolute atomic E-state index is 12.9. The molecule has 0 radical (unpaired) electrons. The van der Waals surface area contributed by atoms with E-state index in [9.17, 15) is 23.8 Å². The summed E-state index contributed by atoms with van der Waals surface area (Å²) < 4.78 is 19.4. The fraction of sp³-hybridized carbons (Fsp3) is 0.391. The van der Waals surface area contributed by atoms with E-state index in [0.717, 1.165) is 0 Å². The van der Waals surface area contributed by atoms with Gasteiger partial charge in [-0.1, -0.05) is 11.6 Å². The number of fused-ring (bicyclic) bond motifs is 1. The Morgan fingerprint density at radius 2 is 2.00 bits per heavy atom. The largest absolute Gasteiger partial charge is 0.390 e. The Balaban J connectivity index is 1.43. The number of carbonyl (C=O) groups excluding carboxylic acids is 2. The molecule has 2 amide bonds. The summed E-state index contributed by atoms with van der Waals surface area (Å²) in [6, 6.07) is 5.19. The van der Waals surface area contributed by atoms with E-state index < -0.39 is 16.7 Å². The predicted molar refractivity (Wildman–Crippen MR) is 136 cm³/mol. The summed E-state index contributed by atoms with van der Waals surface area (Å²) in [4.78, 5) is 30.5. The van der Waals surface area contributed by atoms with Gasteiger partial charge < -0.3 is 20.7 Å². The maximum Gasteiger partial charge on any atom is 0.256 e. The van der Waals surface area contributed by atoms with Gasteiger partial charge in [0, 0.05) is 53.8 Å². The molecule has 11 heteroatoms. The number of nitrogens with zero attached hydrogens (tertiary/aromatic N) is 1. The van der Waals surface area contributed by atoms with Crippen molar-refractivity contribution in [1.29, 1.82) is 0 Å². The number of carbonyl (C=O) groups is 2. The summed E-state index contributed by atoms with van der Waals surface area (Å²) in [5, 5.41) is 16.5. The number of aromatic nitrogens is 1. The van der Waals surface area contributed by atoms with E-state index in [1.807, 2.05) is 4.90 Å². The maximum atomic E-state index is 12.9. The Kier molecular flexibility index (Phi) is 7.09. The molecule has 3 heterocycles. The topological polar surface area (TPSA) is 138 Å². The molecule has 1 fully saturated rings. The second-order valence-corrected chi connectivity index (χ2v) is 11.6. The van der Waals surface area contributed by atoms with E-state index in [-0.39, 0.29) is 18.4 Å². The number of aliphatic hydroxyl groups excluding tert-OH is 1. The van der Waals surface area contributed by atoms with Gasteiger partial charge >= 0.3 is 0 Å². The van der Waals surface area contributed by atoms with Gasteiger partial charge in [0.2, 0.25) is 0 Å². The van der Waals surface area contributed by atoms with Crippen LogP contribution in [0.2, 0.25) is 5.02 Å². The van der Waals surface area contributed by atoms with Crippen molar-refractivity contribution in [1.82, 2.24) is 15.2 Å². The standard InChI is InChI=1S/C23H29ClN4O5S/c1-13-20(10-18-17-9-15(24)3-4-19(17)27-22(18)30)26-14(2)21(13)23(31)25-11-16(29)12-28-5-7-34(32,33)8-6-28/h3-4,9-10,16,26,29,32-33H,5-8,11-12H2,1-2H3,(H,25,31)(H,27,30)/b18-10-. The molecule has 1 aromatic carbocycles. The molecule has 1 atom stereocenters. The number of rotatable bonds is 6. The third-order valence-electron chi connectivity index (χ3n) is 6.19. The van der Waals surface area contributed by atoms with Gasteiger partial charge in [-0.25, -0.2) is 0 Å². The average molecular weight is 509 g/mol. The minimum Gasteiger partial charge on any atom is -0.390 e. The number of benzene rings is 1. The number of aliphatic hydroxyl groups is 1. The highest BCUT2D eigenvalue weighted by molar-refractivity contribution is 8.24. The van der Waals surface area contributed by atoms with E-state index in [0.29, 0.717) is 75.5 Å². The van der Waals surface area contributed by atoms with Crippen LogP contribution in [0.1, 0.15) is 32.9 Å². The monoisotopic (exact) mass is 508 g/mol. The van der Waals surface area contributed by atoms with Crippen LogP contribution >= 0.6 is 22.2 Å². The highest BCUT2D eigenvalue weighted by Gasteiger charge is 2.27. The third-order valence-corrected chi connectivity index (χ3v) is 8.10. The number of amides is 2. The van der Waals surface area contributed by atoms with E-state index in [2.05, 4.69) is 15.6 Å². The van der Waals surface area contributed by atoms with Crippen LogP contribution in [0.5, 0.6) is 0 Å². The molecule has 0 saturated carbocycles. The van der Waals surface area contributed by atoms with E-state index in [1.165, 1.54) is 0 Å². The number of aryl methyl sites for hydroxylation is 1. The second kappa shape index (κ2) is 9.73. The van der Waals surface area contributed by atoms with Crippen molar-refractivity contribution in [3.63, 3.8) is 0 Å². The fourth-order valence-electron chi connectivity index (χ4n) is 4.32. The zero-order valence-electron chi connectivity index (χ0n) is 19.0. The molecule has 0 spiro atoms. The van der Waals surface area contributed by atoms with Gasteiger partial charge in [0.25, 0.3) is 11.8 Å². The molecule has 1 aromatic heterocycles. The first-order chi connectivity index (χ1) is 16.0. The average Bonchev–Trinajstić information content (AvgIpc) is 3.23. The third kappa shape index (κ3) is 5.32. The van der Waals surface area contributed by atoms with Gasteiger partial charge in [0.15, 0.2) is 0 Å². The van der Waals surface area contributed by atoms with Gasteiger partial charge in [0.05, 0.1) is 28.7 Å². The SMILES string of the molecule is Cc1[nH]c(/C=C2\C(=O)Nc3ccc(Cl)cc32)c(C)c1C(=O)NCC(O)CN1CCS(O)(O)CC1. The van der Waals surface area contributed by atoms with Gasteiger partial charge in [-0.3, -0.25) is 23.6 Å². The van der Waals surface area contributed by atoms with Crippen LogP contribution in [-0.4, -0.2) is 79.7 Å². The van der Waals surface area contributed by atoms with Crippen LogP contribution in [0.15, 0.2) is 18.2 Å². The minimum absolute atomic E-state index is 0.0698. The number of anilines is 1. The number of hydrogen-bond donors (Lipinski definition) is 6. The molecule has 0 aliphatic carbocycles. The highest BCUT2D eigenvalue weighted by Crippen LogP contribution is 2.40. The summed E-state index contributed by atoms with van der Waals surface area (Å²) in [5.41, 5.74) is 4.32. The molecule has 1 unspecified atom stereocenters. The fourth-order valence-corrected chi connectivity index (χ4v) is 5.79. The first-order valence-electron chi connectivity index (χ1n) is 11.0. The minimum atomic E-state index is -2.48. The first-order valence-corrected chi connectivity index (χ1v) is 13.2. The summed E-state index contributed by atoms with van der Waals surface area (Å²) in [6.07, 6.45) is 0.931. The van der Waals surface area contributed by atoms with Crippen molar-refractivity contribution in [3.05, 3.63) is 51.3 Å². The number of hydrogen-bond acceptors (Lipinski definition) is 6. The Hall–Kier alpha value is -2.34. The number of β-amino-alcohol motifs (C(OH)–C–C–N with tert-alkyl or cyclic N) is 1. The highest BCUT2D eigenvalue weighted by atomic mass is 35.5. The molecule has 184 valence electrons. The van der Waals surface area contributed by atoms with Crippen LogP contribution < -0.4 is 10.6 Å². The lowest BCUT2D eigenvalue weighted by molar-refractivity contribution is -0.110. The van der Waals surface area contributed by atoms with E-state index in [1.54, 1.807) is 38.1 Å². The smallest absolute Gasteiger partial charge is 0.256 e. The molecule has 2 aromatic rings. The predicted octanol–water partition coefficient (Wildman–Crippen LogP) is 2.93. The summed E-state index contributed by atoms with van der Waals surface area (Å²) in [5.74, 6) is 0.0563. The molecule has 6 N–H and O–H groups in total. The van der Waals surface area contributed by atoms with Crippen LogP contribution in [0, 0.1) is 13.8 Å². The quantitative estimate of drug-likeness (QED) is 0.332. The van der Waals surface area contributed by atoms with Crippen LogP contribution in [0.4, 0.5) is 5.69 Å². The van der Waals surface area contributed by atoms with Crippen LogP contribution in [0.25, 0.3) is 11.6 Å². The zero-order valence-corrected chi connectivity index (χ0v) is 20.6. The summed E-state index contributed by atoms with van der Waals surface area (Å²) in [6.45, 7) is 5.01. The van der Waals surface area contributed by atoms with Crippen LogP contribution in [0.3, 0.4) is 0 Å². The molecule has 1 saturated heterocycles.